The molecule has 0 spiro atoms. The molecule has 1 aliphatic rings. The molecule has 0 aromatic heterocycles. The Morgan fingerprint density at radius 2 is 1.71 bits per heavy atom. The molecule has 2 atom stereocenters. The van der Waals surface area contributed by atoms with E-state index in [0.29, 0.717) is 0 Å². The monoisotopic (exact) mass is 242 g/mol. The minimum Gasteiger partial charge on any atom is -0.480 e. The highest BCUT2D eigenvalue weighted by Gasteiger charge is 2.35. The summed E-state index contributed by atoms with van der Waals surface area (Å²) in [5.74, 6) is -1.02. The summed E-state index contributed by atoms with van der Waals surface area (Å²) in [7, 11) is 0. The van der Waals surface area contributed by atoms with Gasteiger partial charge < -0.3 is 15.3 Å². The van der Waals surface area contributed by atoms with Gasteiger partial charge in [0.05, 0.1) is 0 Å². The highest BCUT2D eigenvalue weighted by Crippen LogP contribution is 2.22. The molecule has 1 saturated heterocycles. The molecular formula is C12H22N2O3. The van der Waals surface area contributed by atoms with Crippen LogP contribution in [-0.4, -0.2) is 39.6 Å². The van der Waals surface area contributed by atoms with Gasteiger partial charge in [-0.25, -0.2) is 9.59 Å². The van der Waals surface area contributed by atoms with Gasteiger partial charge in [-0.05, 0) is 47.0 Å². The topological polar surface area (TPSA) is 69.6 Å². The van der Waals surface area contributed by atoms with E-state index in [1.165, 1.54) is 13.8 Å². The number of likely N-dealkylation sites (tertiary alicyclic amines) is 1. The number of amides is 2. The molecule has 2 N–H and O–H groups in total. The van der Waals surface area contributed by atoms with E-state index >= 15 is 0 Å². The van der Waals surface area contributed by atoms with Crippen molar-refractivity contribution >= 4 is 12.0 Å². The third kappa shape index (κ3) is 3.11. The number of rotatable bonds is 2. The summed E-state index contributed by atoms with van der Waals surface area (Å²) in [5.41, 5.74) is -1.23. The largest absolute Gasteiger partial charge is 0.480 e. The Hall–Kier alpha value is -1.26. The number of carbonyl (C=O) groups is 2. The maximum atomic E-state index is 12.1. The first-order valence-electron chi connectivity index (χ1n) is 6.09. The van der Waals surface area contributed by atoms with Gasteiger partial charge in [-0.15, -0.1) is 0 Å². The van der Waals surface area contributed by atoms with Crippen molar-refractivity contribution in [2.24, 2.45) is 0 Å². The molecule has 0 bridgehead atoms. The van der Waals surface area contributed by atoms with Crippen LogP contribution in [-0.2, 0) is 4.79 Å². The zero-order chi connectivity index (χ0) is 13.2. The summed E-state index contributed by atoms with van der Waals surface area (Å²) in [6.45, 7) is 6.99. The number of hydrogen-bond acceptors (Lipinski definition) is 2. The SMILES string of the molecule is CC1CCCC(C)N1C(=O)NC(C)(C)C(=O)O. The van der Waals surface area contributed by atoms with E-state index < -0.39 is 11.5 Å². The van der Waals surface area contributed by atoms with Crippen LogP contribution in [0.15, 0.2) is 0 Å². The van der Waals surface area contributed by atoms with Gasteiger partial charge >= 0.3 is 12.0 Å². The summed E-state index contributed by atoms with van der Waals surface area (Å²) in [6.07, 6.45) is 3.07. The maximum Gasteiger partial charge on any atom is 0.328 e. The van der Waals surface area contributed by atoms with E-state index in [1.807, 2.05) is 13.8 Å². The number of nitrogens with one attached hydrogen (secondary N) is 1. The molecule has 98 valence electrons. The summed E-state index contributed by atoms with van der Waals surface area (Å²) in [6, 6.07) is 0.0591. The molecule has 0 radical (unpaired) electrons. The Labute approximate surface area is 102 Å². The van der Waals surface area contributed by atoms with Crippen molar-refractivity contribution in [3.05, 3.63) is 0 Å². The van der Waals surface area contributed by atoms with Crippen LogP contribution < -0.4 is 5.32 Å². The van der Waals surface area contributed by atoms with Crippen molar-refractivity contribution in [1.29, 1.82) is 0 Å². The highest BCUT2D eigenvalue weighted by molar-refractivity contribution is 5.85. The first-order valence-corrected chi connectivity index (χ1v) is 6.09. The standard InChI is InChI=1S/C12H22N2O3/c1-8-6-5-7-9(2)14(8)11(17)13-12(3,4)10(15)16/h8-9H,5-7H2,1-4H3,(H,13,17)(H,15,16). The smallest absolute Gasteiger partial charge is 0.328 e. The van der Waals surface area contributed by atoms with Gasteiger partial charge in [-0.3, -0.25) is 0 Å². The molecule has 0 aliphatic carbocycles. The fourth-order valence-electron chi connectivity index (χ4n) is 2.21. The molecule has 1 fully saturated rings. The van der Waals surface area contributed by atoms with Crippen molar-refractivity contribution in [3.8, 4) is 0 Å². The normalized spacial score (nSPS) is 25.5. The van der Waals surface area contributed by atoms with Crippen molar-refractivity contribution in [2.45, 2.75) is 64.6 Å². The quantitative estimate of drug-likeness (QED) is 0.776. The maximum absolute atomic E-state index is 12.1. The van der Waals surface area contributed by atoms with E-state index in [-0.39, 0.29) is 18.1 Å². The number of aliphatic carboxylic acids is 1. The molecule has 1 heterocycles. The Morgan fingerprint density at radius 1 is 1.24 bits per heavy atom. The number of piperidine rings is 1. The third-order valence-electron chi connectivity index (χ3n) is 3.38. The molecule has 1 aliphatic heterocycles. The first-order chi connectivity index (χ1) is 7.75. The first kappa shape index (κ1) is 13.8. The number of carboxylic acid groups (broad SMARTS) is 1. The second-order valence-corrected chi connectivity index (χ2v) is 5.40. The van der Waals surface area contributed by atoms with E-state index in [4.69, 9.17) is 5.11 Å². The lowest BCUT2D eigenvalue weighted by atomic mass is 9.98. The van der Waals surface area contributed by atoms with Crippen molar-refractivity contribution < 1.29 is 14.7 Å². The van der Waals surface area contributed by atoms with Crippen molar-refractivity contribution in [2.75, 3.05) is 0 Å². The Morgan fingerprint density at radius 3 is 2.12 bits per heavy atom. The van der Waals surface area contributed by atoms with Crippen LogP contribution >= 0.6 is 0 Å². The lowest BCUT2D eigenvalue weighted by molar-refractivity contribution is -0.143. The molecule has 0 saturated carbocycles. The predicted octanol–water partition coefficient (Wildman–Crippen LogP) is 1.82. The van der Waals surface area contributed by atoms with Crippen LogP contribution in [0.25, 0.3) is 0 Å². The van der Waals surface area contributed by atoms with Gasteiger partial charge in [0.25, 0.3) is 0 Å². The summed E-state index contributed by atoms with van der Waals surface area (Å²) in [5, 5.41) is 11.6. The third-order valence-corrected chi connectivity index (χ3v) is 3.38. The van der Waals surface area contributed by atoms with Crippen LogP contribution in [0.3, 0.4) is 0 Å². The van der Waals surface area contributed by atoms with Gasteiger partial charge in [0.1, 0.15) is 5.54 Å². The summed E-state index contributed by atoms with van der Waals surface area (Å²) >= 11 is 0. The molecule has 5 heteroatoms. The van der Waals surface area contributed by atoms with Gasteiger partial charge in [0.2, 0.25) is 0 Å². The van der Waals surface area contributed by atoms with Gasteiger partial charge in [-0.2, -0.15) is 0 Å². The van der Waals surface area contributed by atoms with Crippen LogP contribution in [0.1, 0.15) is 47.0 Å². The van der Waals surface area contributed by atoms with Gasteiger partial charge in [0, 0.05) is 12.1 Å². The number of carbonyl (C=O) groups excluding carboxylic acids is 1. The molecular weight excluding hydrogens is 220 g/mol. The average Bonchev–Trinajstić information content (AvgIpc) is 2.15. The molecule has 17 heavy (non-hydrogen) atoms. The van der Waals surface area contributed by atoms with Crippen LogP contribution in [0.2, 0.25) is 0 Å². The van der Waals surface area contributed by atoms with Gasteiger partial charge in [-0.1, -0.05) is 0 Å². The number of carboxylic acids is 1. The Balaban J connectivity index is 2.72. The highest BCUT2D eigenvalue weighted by atomic mass is 16.4. The zero-order valence-electron chi connectivity index (χ0n) is 11.0. The Bertz CT molecular complexity index is 305. The molecule has 0 aromatic rings. The number of urea groups is 1. The summed E-state index contributed by atoms with van der Waals surface area (Å²) in [4.78, 5) is 24.8. The minimum atomic E-state index is -1.23. The van der Waals surface area contributed by atoms with Crippen LogP contribution in [0.5, 0.6) is 0 Å². The predicted molar refractivity (Wildman–Crippen MR) is 64.9 cm³/mol. The average molecular weight is 242 g/mol. The van der Waals surface area contributed by atoms with Crippen molar-refractivity contribution in [1.82, 2.24) is 10.2 Å². The van der Waals surface area contributed by atoms with E-state index in [9.17, 15) is 9.59 Å². The lowest BCUT2D eigenvalue weighted by Gasteiger charge is -2.40. The van der Waals surface area contributed by atoms with Crippen molar-refractivity contribution in [3.63, 3.8) is 0 Å². The van der Waals surface area contributed by atoms with E-state index in [2.05, 4.69) is 5.32 Å². The van der Waals surface area contributed by atoms with E-state index in [1.54, 1.807) is 4.90 Å². The number of hydrogen-bond donors (Lipinski definition) is 2. The fourth-order valence-corrected chi connectivity index (χ4v) is 2.21. The molecule has 2 amide bonds. The summed E-state index contributed by atoms with van der Waals surface area (Å²) < 4.78 is 0. The second-order valence-electron chi connectivity index (χ2n) is 5.40. The molecule has 0 aromatic carbocycles. The zero-order valence-corrected chi connectivity index (χ0v) is 11.0. The molecule has 5 nitrogen and oxygen atoms in total. The molecule has 1 rings (SSSR count). The molecule has 2 unspecified atom stereocenters. The number of nitrogens with zero attached hydrogens (tertiary/aromatic N) is 1. The van der Waals surface area contributed by atoms with Crippen LogP contribution in [0, 0.1) is 0 Å². The minimum absolute atomic E-state index is 0.170. The second kappa shape index (κ2) is 4.94. The fraction of sp³-hybridized carbons (Fsp3) is 0.833. The van der Waals surface area contributed by atoms with Gasteiger partial charge in [0.15, 0.2) is 0 Å². The Kier molecular flexibility index (Phi) is 4.01. The van der Waals surface area contributed by atoms with E-state index in [0.717, 1.165) is 19.3 Å². The van der Waals surface area contributed by atoms with Crippen LogP contribution in [0.4, 0.5) is 4.79 Å². The lowest BCUT2D eigenvalue weighted by Crippen LogP contribution is -2.58.